The van der Waals surface area contributed by atoms with Crippen LogP contribution in [0.5, 0.6) is 0 Å². The number of rotatable bonds is 4. The number of amides is 1. The van der Waals surface area contributed by atoms with Gasteiger partial charge in [0.05, 0.1) is 5.56 Å². The van der Waals surface area contributed by atoms with Crippen LogP contribution in [0.4, 0.5) is 0 Å². The Balaban J connectivity index is 1.55. The van der Waals surface area contributed by atoms with Crippen molar-refractivity contribution in [3.05, 3.63) is 70.2 Å². The van der Waals surface area contributed by atoms with E-state index in [2.05, 4.69) is 5.32 Å². The number of carbonyl (C=O) groups excluding carboxylic acids is 2. The quantitative estimate of drug-likeness (QED) is 0.878. The summed E-state index contributed by atoms with van der Waals surface area (Å²) >= 11 is 5.83. The molecule has 0 spiro atoms. The average Bonchev–Trinajstić information content (AvgIpc) is 2.56. The van der Waals surface area contributed by atoms with E-state index in [1.807, 2.05) is 36.4 Å². The van der Waals surface area contributed by atoms with Gasteiger partial charge in [-0.25, -0.2) is 4.79 Å². The molecule has 4 nitrogen and oxygen atoms in total. The zero-order chi connectivity index (χ0) is 16.2. The minimum atomic E-state index is -0.761. The number of halogens is 1. The van der Waals surface area contributed by atoms with Crippen molar-refractivity contribution in [1.82, 2.24) is 5.32 Å². The van der Waals surface area contributed by atoms with E-state index in [1.54, 1.807) is 12.1 Å². The van der Waals surface area contributed by atoms with E-state index in [9.17, 15) is 9.59 Å². The molecule has 118 valence electrons. The van der Waals surface area contributed by atoms with Gasteiger partial charge >= 0.3 is 5.97 Å². The number of hydrogen-bond acceptors (Lipinski definition) is 3. The third-order valence-corrected chi connectivity index (χ3v) is 4.06. The van der Waals surface area contributed by atoms with Crippen LogP contribution in [0, 0.1) is 0 Å². The van der Waals surface area contributed by atoms with Gasteiger partial charge in [0.1, 0.15) is 0 Å². The zero-order valence-corrected chi connectivity index (χ0v) is 13.2. The molecule has 2 aromatic carbocycles. The van der Waals surface area contributed by atoms with Gasteiger partial charge in [0.2, 0.25) is 0 Å². The number of hydrogen-bond donors (Lipinski definition) is 1. The van der Waals surface area contributed by atoms with Gasteiger partial charge in [0.25, 0.3) is 5.91 Å². The van der Waals surface area contributed by atoms with Crippen LogP contribution in [0.15, 0.2) is 48.5 Å². The number of benzene rings is 2. The topological polar surface area (TPSA) is 55.4 Å². The van der Waals surface area contributed by atoms with E-state index in [0.29, 0.717) is 30.0 Å². The van der Waals surface area contributed by atoms with Crippen LogP contribution in [0.2, 0.25) is 5.02 Å². The van der Waals surface area contributed by atoms with Gasteiger partial charge < -0.3 is 10.1 Å². The predicted molar refractivity (Wildman–Crippen MR) is 87.5 cm³/mol. The lowest BCUT2D eigenvalue weighted by molar-refractivity contribution is -0.130. The van der Waals surface area contributed by atoms with Crippen molar-refractivity contribution in [3.63, 3.8) is 0 Å². The fourth-order valence-electron chi connectivity index (χ4n) is 2.57. The highest BCUT2D eigenvalue weighted by molar-refractivity contribution is 6.30. The molecule has 3 rings (SSSR count). The number of cyclic esters (lactones) is 1. The summed E-state index contributed by atoms with van der Waals surface area (Å²) in [5.74, 6) is -0.702. The van der Waals surface area contributed by atoms with Crippen LogP contribution >= 0.6 is 11.6 Å². The van der Waals surface area contributed by atoms with E-state index in [-0.39, 0.29) is 5.91 Å². The second-order valence-corrected chi connectivity index (χ2v) is 5.86. The van der Waals surface area contributed by atoms with Crippen LogP contribution in [0.1, 0.15) is 21.5 Å². The summed E-state index contributed by atoms with van der Waals surface area (Å²) in [5.41, 5.74) is 2.47. The molecule has 0 bridgehead atoms. The number of fused-ring (bicyclic) bond motifs is 1. The molecule has 0 aromatic heterocycles. The Morgan fingerprint density at radius 3 is 2.70 bits per heavy atom. The van der Waals surface area contributed by atoms with E-state index in [1.165, 1.54) is 0 Å². The van der Waals surface area contributed by atoms with E-state index >= 15 is 0 Å². The van der Waals surface area contributed by atoms with Crippen molar-refractivity contribution >= 4 is 23.5 Å². The number of nitrogens with one attached hydrogen (secondary N) is 1. The molecule has 1 aliphatic rings. The van der Waals surface area contributed by atoms with E-state index < -0.39 is 12.1 Å². The molecular weight excluding hydrogens is 314 g/mol. The highest BCUT2D eigenvalue weighted by atomic mass is 35.5. The van der Waals surface area contributed by atoms with E-state index in [0.717, 1.165) is 11.1 Å². The Bertz CT molecular complexity index is 727. The monoisotopic (exact) mass is 329 g/mol. The van der Waals surface area contributed by atoms with Crippen LogP contribution in [0.25, 0.3) is 0 Å². The van der Waals surface area contributed by atoms with Gasteiger partial charge in [-0.2, -0.15) is 0 Å². The predicted octanol–water partition coefficient (Wildman–Crippen LogP) is 2.78. The molecule has 1 N–H and O–H groups in total. The maximum Gasteiger partial charge on any atom is 0.339 e. The van der Waals surface area contributed by atoms with Crippen molar-refractivity contribution < 1.29 is 14.3 Å². The first kappa shape index (κ1) is 15.6. The highest BCUT2D eigenvalue weighted by Gasteiger charge is 2.30. The fraction of sp³-hybridized carbons (Fsp3) is 0.222. The summed E-state index contributed by atoms with van der Waals surface area (Å²) in [7, 11) is 0. The van der Waals surface area contributed by atoms with Crippen LogP contribution < -0.4 is 5.32 Å². The molecule has 5 heteroatoms. The number of ether oxygens (including phenoxy) is 1. The smallest absolute Gasteiger partial charge is 0.339 e. The Labute approximate surface area is 139 Å². The lowest BCUT2D eigenvalue weighted by atomic mass is 9.98. The average molecular weight is 330 g/mol. The minimum absolute atomic E-state index is 0.262. The molecule has 0 saturated heterocycles. The maximum atomic E-state index is 12.2. The van der Waals surface area contributed by atoms with Gasteiger partial charge in [0.15, 0.2) is 6.10 Å². The Hall–Kier alpha value is -2.33. The van der Waals surface area contributed by atoms with Crippen LogP contribution in [0.3, 0.4) is 0 Å². The second kappa shape index (κ2) is 6.84. The SMILES string of the molecule is O=C1O[C@@H](C(=O)NCCc2ccc(Cl)cc2)Cc2ccccc21. The first-order valence-electron chi connectivity index (χ1n) is 7.44. The third kappa shape index (κ3) is 3.71. The molecule has 0 unspecified atom stereocenters. The van der Waals surface area contributed by atoms with Gasteiger partial charge in [-0.1, -0.05) is 41.9 Å². The standard InChI is InChI=1S/C18H16ClNO3/c19-14-7-5-12(6-8-14)9-10-20-17(21)16-11-13-3-1-2-4-15(13)18(22)23-16/h1-8,16H,9-11H2,(H,20,21)/t16-/m1/s1. The van der Waals surface area contributed by atoms with Crippen molar-refractivity contribution in [2.75, 3.05) is 6.54 Å². The summed E-state index contributed by atoms with van der Waals surface area (Å²) in [6, 6.07) is 14.7. The molecule has 0 radical (unpaired) electrons. The van der Waals surface area contributed by atoms with Crippen LogP contribution in [-0.2, 0) is 22.4 Å². The molecule has 1 atom stereocenters. The summed E-state index contributed by atoms with van der Waals surface area (Å²) in [6.45, 7) is 0.482. The molecule has 1 amide bonds. The summed E-state index contributed by atoms with van der Waals surface area (Å²) in [6.07, 6.45) is 0.345. The first-order chi connectivity index (χ1) is 11.1. The maximum absolute atomic E-state index is 12.2. The van der Waals surface area contributed by atoms with Crippen molar-refractivity contribution in [1.29, 1.82) is 0 Å². The van der Waals surface area contributed by atoms with E-state index in [4.69, 9.17) is 16.3 Å². The van der Waals surface area contributed by atoms with Gasteiger partial charge in [-0.15, -0.1) is 0 Å². The Kier molecular flexibility index (Phi) is 4.63. The van der Waals surface area contributed by atoms with Gasteiger partial charge in [-0.05, 0) is 35.7 Å². The molecule has 1 heterocycles. The molecule has 23 heavy (non-hydrogen) atoms. The molecular formula is C18H16ClNO3. The fourth-order valence-corrected chi connectivity index (χ4v) is 2.70. The largest absolute Gasteiger partial charge is 0.448 e. The zero-order valence-electron chi connectivity index (χ0n) is 12.4. The van der Waals surface area contributed by atoms with Gasteiger partial charge in [-0.3, -0.25) is 4.79 Å². The second-order valence-electron chi connectivity index (χ2n) is 5.42. The summed E-state index contributed by atoms with van der Waals surface area (Å²) < 4.78 is 5.22. The highest BCUT2D eigenvalue weighted by Crippen LogP contribution is 2.20. The molecule has 2 aromatic rings. The third-order valence-electron chi connectivity index (χ3n) is 3.81. The van der Waals surface area contributed by atoms with Crippen molar-refractivity contribution in [2.45, 2.75) is 18.9 Å². The van der Waals surface area contributed by atoms with Gasteiger partial charge in [0, 0.05) is 18.0 Å². The Morgan fingerprint density at radius 1 is 1.17 bits per heavy atom. The Morgan fingerprint density at radius 2 is 1.91 bits per heavy atom. The van der Waals surface area contributed by atoms with Crippen molar-refractivity contribution in [2.24, 2.45) is 0 Å². The lowest BCUT2D eigenvalue weighted by Crippen LogP contribution is -2.42. The molecule has 0 aliphatic carbocycles. The molecule has 0 saturated carbocycles. The number of esters is 1. The lowest BCUT2D eigenvalue weighted by Gasteiger charge is -2.23. The van der Waals surface area contributed by atoms with Crippen molar-refractivity contribution in [3.8, 4) is 0 Å². The normalized spacial score (nSPS) is 16.4. The molecule has 1 aliphatic heterocycles. The van der Waals surface area contributed by atoms with Crippen LogP contribution in [-0.4, -0.2) is 24.5 Å². The molecule has 0 fully saturated rings. The minimum Gasteiger partial charge on any atom is -0.448 e. The first-order valence-corrected chi connectivity index (χ1v) is 7.82. The summed E-state index contributed by atoms with van der Waals surface area (Å²) in [5, 5.41) is 3.50. The summed E-state index contributed by atoms with van der Waals surface area (Å²) in [4.78, 5) is 24.1. The number of carbonyl (C=O) groups is 2.